The fourth-order valence-electron chi connectivity index (χ4n) is 5.41. The Morgan fingerprint density at radius 2 is 2.08 bits per heavy atom. The number of rotatable bonds is 3. The van der Waals surface area contributed by atoms with Gasteiger partial charge < -0.3 is 14.9 Å². The van der Waals surface area contributed by atoms with E-state index in [0.29, 0.717) is 17.8 Å². The first-order valence-corrected chi connectivity index (χ1v) is 9.67. The standard InChI is InChI=1S/C22H30O3/c1-21(2,13-23)25-15-5-7-16-14(12-15)4-6-18-17(16)10-11-22(3)19(18)8-9-20(22)24/h5,7-9,12,17-20,23-24H,4,6,10-11,13H2,1-3H3/p+1/t17?,18?,19?,20-,22-/m0/s1. The maximum atomic E-state index is 10.4. The zero-order valence-corrected chi connectivity index (χ0v) is 15.6. The third-order valence-electron chi connectivity index (χ3n) is 6.99. The molecule has 3 aliphatic rings. The Morgan fingerprint density at radius 1 is 1.28 bits per heavy atom. The number of aryl methyl sites for hydroxylation is 1. The quantitative estimate of drug-likeness (QED) is 0.674. The summed E-state index contributed by atoms with van der Waals surface area (Å²) >= 11 is 0. The maximum absolute atomic E-state index is 10.4. The van der Waals surface area contributed by atoms with Gasteiger partial charge in [-0.1, -0.05) is 25.1 Å². The van der Waals surface area contributed by atoms with Crippen molar-refractivity contribution in [3.63, 3.8) is 0 Å². The smallest absolute Gasteiger partial charge is 0.183 e. The van der Waals surface area contributed by atoms with Gasteiger partial charge in [-0.25, -0.2) is 0 Å². The second kappa shape index (κ2) is 5.85. The van der Waals surface area contributed by atoms with Gasteiger partial charge in [0.2, 0.25) is 0 Å². The Morgan fingerprint density at radius 3 is 2.84 bits per heavy atom. The number of hydrogen-bond acceptors (Lipinski definition) is 2. The Bertz CT molecular complexity index is 693. The summed E-state index contributed by atoms with van der Waals surface area (Å²) in [5.41, 5.74) is 2.51. The van der Waals surface area contributed by atoms with Crippen molar-refractivity contribution in [3.8, 4) is 5.75 Å². The molecule has 3 aliphatic carbocycles. The molecule has 0 bridgehead atoms. The van der Waals surface area contributed by atoms with Crippen molar-refractivity contribution < 1.29 is 14.9 Å². The second-order valence-electron chi connectivity index (χ2n) is 9.11. The molecule has 3 N–H and O–H groups in total. The molecule has 1 saturated carbocycles. The van der Waals surface area contributed by atoms with E-state index in [2.05, 4.69) is 31.2 Å². The van der Waals surface area contributed by atoms with Crippen molar-refractivity contribution in [2.45, 2.75) is 64.1 Å². The van der Waals surface area contributed by atoms with Crippen LogP contribution in [0.1, 0.15) is 57.1 Å². The van der Waals surface area contributed by atoms with Gasteiger partial charge in [-0.15, -0.1) is 0 Å². The molecule has 0 heterocycles. The number of ether oxygens (including phenoxy) is 1. The van der Waals surface area contributed by atoms with Crippen LogP contribution in [0.2, 0.25) is 0 Å². The van der Waals surface area contributed by atoms with Crippen LogP contribution in [-0.2, 0) is 6.42 Å². The van der Waals surface area contributed by atoms with Gasteiger partial charge in [-0.2, -0.15) is 0 Å². The number of hydrogen-bond donors (Lipinski definition) is 1. The first-order valence-electron chi connectivity index (χ1n) is 9.67. The lowest BCUT2D eigenvalue weighted by atomic mass is 9.55. The molecule has 3 nitrogen and oxygen atoms in total. The highest BCUT2D eigenvalue weighted by atomic mass is 16.5. The lowest BCUT2D eigenvalue weighted by molar-refractivity contribution is -0.0102. The van der Waals surface area contributed by atoms with Crippen LogP contribution in [0.5, 0.6) is 5.75 Å². The molecule has 0 radical (unpaired) electrons. The van der Waals surface area contributed by atoms with Gasteiger partial charge in [0.05, 0.1) is 6.10 Å². The molecular formula is C22H31O3+. The zero-order valence-electron chi connectivity index (χ0n) is 15.6. The summed E-state index contributed by atoms with van der Waals surface area (Å²) < 4.78 is 6.02. The van der Waals surface area contributed by atoms with Crippen LogP contribution in [0.25, 0.3) is 0 Å². The minimum atomic E-state index is -0.442. The lowest BCUT2D eigenvalue weighted by Gasteiger charge is -2.50. The normalized spacial score (nSPS) is 36.5. The van der Waals surface area contributed by atoms with Crippen LogP contribution in [0.15, 0.2) is 30.4 Å². The van der Waals surface area contributed by atoms with Crippen LogP contribution in [-0.4, -0.2) is 28.5 Å². The van der Waals surface area contributed by atoms with Crippen LogP contribution in [0.3, 0.4) is 0 Å². The van der Waals surface area contributed by atoms with Gasteiger partial charge in [0.1, 0.15) is 5.75 Å². The molecular weight excluding hydrogens is 312 g/mol. The number of benzene rings is 1. The summed E-state index contributed by atoms with van der Waals surface area (Å²) in [6, 6.07) is 6.56. The van der Waals surface area contributed by atoms with Crippen molar-refractivity contribution in [2.75, 3.05) is 6.61 Å². The van der Waals surface area contributed by atoms with Gasteiger partial charge in [0, 0.05) is 5.41 Å². The van der Waals surface area contributed by atoms with E-state index in [1.807, 2.05) is 19.9 Å². The van der Waals surface area contributed by atoms with E-state index in [4.69, 9.17) is 9.84 Å². The number of fused-ring (bicyclic) bond motifs is 5. The predicted octanol–water partition coefficient (Wildman–Crippen LogP) is 3.56. The molecule has 1 aromatic carbocycles. The first-order chi connectivity index (χ1) is 11.8. The molecule has 25 heavy (non-hydrogen) atoms. The summed E-state index contributed by atoms with van der Waals surface area (Å²) in [6.45, 7) is 6.46. The average molecular weight is 343 g/mol. The van der Waals surface area contributed by atoms with Gasteiger partial charge in [0.25, 0.3) is 0 Å². The van der Waals surface area contributed by atoms with E-state index < -0.39 is 5.60 Å². The largest absolute Gasteiger partial charge is 0.480 e. The van der Waals surface area contributed by atoms with Crippen LogP contribution >= 0.6 is 0 Å². The maximum Gasteiger partial charge on any atom is 0.183 e. The first kappa shape index (κ1) is 17.1. The fraction of sp³-hybridized carbons (Fsp3) is 0.636. The molecule has 0 amide bonds. The Labute approximate surface area is 150 Å². The SMILES string of the molecule is CC(C)(C[OH2+])Oc1ccc2c(c1)CCC1C2CC[C@@]2(C)C1C=C[C@@H]2O. The molecule has 3 heteroatoms. The molecule has 0 saturated heterocycles. The summed E-state index contributed by atoms with van der Waals surface area (Å²) in [5, 5.41) is 18.0. The minimum Gasteiger partial charge on any atom is -0.480 e. The highest BCUT2D eigenvalue weighted by Gasteiger charge is 2.52. The highest BCUT2D eigenvalue weighted by molar-refractivity contribution is 5.41. The van der Waals surface area contributed by atoms with E-state index in [1.165, 1.54) is 24.0 Å². The summed E-state index contributed by atoms with van der Waals surface area (Å²) in [7, 11) is 0. The van der Waals surface area contributed by atoms with E-state index in [-0.39, 0.29) is 18.1 Å². The number of aliphatic hydroxyl groups is 1. The molecule has 4 rings (SSSR count). The van der Waals surface area contributed by atoms with E-state index in [9.17, 15) is 5.11 Å². The van der Waals surface area contributed by atoms with E-state index in [1.54, 1.807) is 0 Å². The zero-order chi connectivity index (χ0) is 17.8. The van der Waals surface area contributed by atoms with Gasteiger partial charge >= 0.3 is 0 Å². The average Bonchev–Trinajstić information content (AvgIpc) is 2.89. The molecule has 3 unspecified atom stereocenters. The summed E-state index contributed by atoms with van der Waals surface area (Å²) in [4.78, 5) is 0. The minimum absolute atomic E-state index is 0.0415. The molecule has 0 aromatic heterocycles. The molecule has 0 aliphatic heterocycles. The predicted molar refractivity (Wildman–Crippen MR) is 100 cm³/mol. The van der Waals surface area contributed by atoms with Crippen LogP contribution < -0.4 is 4.74 Å². The van der Waals surface area contributed by atoms with Crippen molar-refractivity contribution in [3.05, 3.63) is 41.5 Å². The Balaban J connectivity index is 1.60. The summed E-state index contributed by atoms with van der Waals surface area (Å²) in [5.74, 6) is 2.66. The third kappa shape index (κ3) is 2.72. The van der Waals surface area contributed by atoms with Crippen molar-refractivity contribution in [1.82, 2.24) is 0 Å². The number of allylic oxidation sites excluding steroid dienone is 1. The van der Waals surface area contributed by atoms with Crippen molar-refractivity contribution >= 4 is 0 Å². The monoisotopic (exact) mass is 343 g/mol. The topological polar surface area (TPSA) is 52.4 Å². The highest BCUT2D eigenvalue weighted by Crippen LogP contribution is 2.58. The Hall–Kier alpha value is -1.32. The number of aliphatic hydroxyl groups excluding tert-OH is 1. The van der Waals surface area contributed by atoms with Gasteiger partial charge in [-0.05, 0) is 80.5 Å². The second-order valence-corrected chi connectivity index (χ2v) is 9.11. The van der Waals surface area contributed by atoms with Crippen molar-refractivity contribution in [1.29, 1.82) is 0 Å². The van der Waals surface area contributed by atoms with E-state index >= 15 is 0 Å². The van der Waals surface area contributed by atoms with Gasteiger partial charge in [-0.3, -0.25) is 0 Å². The lowest BCUT2D eigenvalue weighted by Crippen LogP contribution is -2.44. The van der Waals surface area contributed by atoms with Crippen molar-refractivity contribution in [2.24, 2.45) is 17.3 Å². The molecule has 5 atom stereocenters. The van der Waals surface area contributed by atoms with E-state index in [0.717, 1.165) is 18.6 Å². The van der Waals surface area contributed by atoms with Crippen LogP contribution in [0, 0.1) is 17.3 Å². The molecule has 0 spiro atoms. The fourth-order valence-corrected chi connectivity index (χ4v) is 5.41. The molecule has 1 fully saturated rings. The molecule has 1 aromatic rings. The summed E-state index contributed by atoms with van der Waals surface area (Å²) in [6.07, 6.45) is 8.59. The van der Waals surface area contributed by atoms with Gasteiger partial charge in [0.15, 0.2) is 12.2 Å². The molecule has 136 valence electrons. The van der Waals surface area contributed by atoms with Crippen LogP contribution in [0.4, 0.5) is 0 Å². The Kier molecular flexibility index (Phi) is 4.01. The third-order valence-corrected chi connectivity index (χ3v) is 6.99.